The number of ether oxygens (including phenoxy) is 1. The maximum Gasteiger partial charge on any atom is 0.126 e. The number of hydrogen-bond acceptors (Lipinski definition) is 5. The summed E-state index contributed by atoms with van der Waals surface area (Å²) in [5.74, 6) is 2.39. The van der Waals surface area contributed by atoms with Crippen LogP contribution in [0.15, 0.2) is 59.6 Å². The van der Waals surface area contributed by atoms with Crippen LogP contribution in [-0.4, -0.2) is 54.1 Å². The molecular formula is C29H37FN2O2S. The predicted octanol–water partition coefficient (Wildman–Crippen LogP) is 6.46. The quantitative estimate of drug-likeness (QED) is 0.244. The van der Waals surface area contributed by atoms with Crippen molar-refractivity contribution in [2.75, 3.05) is 39.1 Å². The van der Waals surface area contributed by atoms with E-state index in [1.165, 1.54) is 10.5 Å². The van der Waals surface area contributed by atoms with Crippen molar-refractivity contribution in [2.24, 2.45) is 11.8 Å². The molecule has 2 heterocycles. The van der Waals surface area contributed by atoms with Gasteiger partial charge in [0.2, 0.25) is 0 Å². The number of benzene rings is 2. The third-order valence-corrected chi connectivity index (χ3v) is 8.33. The summed E-state index contributed by atoms with van der Waals surface area (Å²) in [5.41, 5.74) is 2.76. The zero-order chi connectivity index (χ0) is 24.6. The van der Waals surface area contributed by atoms with Crippen molar-refractivity contribution in [2.45, 2.75) is 43.7 Å². The summed E-state index contributed by atoms with van der Waals surface area (Å²) in [5, 5.41) is 10.9. The lowest BCUT2D eigenvalue weighted by molar-refractivity contribution is 0.0640. The Labute approximate surface area is 212 Å². The Morgan fingerprint density at radius 1 is 1.17 bits per heavy atom. The van der Waals surface area contributed by atoms with E-state index in [2.05, 4.69) is 41.1 Å². The molecule has 0 radical (unpaired) electrons. The fourth-order valence-corrected chi connectivity index (χ4v) is 5.96. The first-order valence-corrected chi connectivity index (χ1v) is 13.7. The van der Waals surface area contributed by atoms with Gasteiger partial charge in [-0.15, -0.1) is 11.8 Å². The summed E-state index contributed by atoms with van der Waals surface area (Å²) in [6.45, 7) is 5.28. The van der Waals surface area contributed by atoms with Gasteiger partial charge in [-0.25, -0.2) is 4.39 Å². The second-order valence-electron chi connectivity index (χ2n) is 9.64. The SMILES string of the molecule is COc1ccc2nccc([C@H](F)CC[C@@H]3CCN(CCCSc4ccc(C)cc4)C[C@@H]3CO)c2c1. The molecule has 3 aromatic rings. The van der Waals surface area contributed by atoms with Crippen molar-refractivity contribution in [3.05, 3.63) is 65.9 Å². The van der Waals surface area contributed by atoms with Crippen molar-refractivity contribution >= 4 is 22.7 Å². The number of nitrogens with zero attached hydrogens (tertiary/aromatic N) is 2. The maximum atomic E-state index is 15.4. The molecule has 1 aromatic heterocycles. The average Bonchev–Trinajstić information content (AvgIpc) is 2.90. The van der Waals surface area contributed by atoms with Crippen molar-refractivity contribution in [1.82, 2.24) is 9.88 Å². The molecule has 1 N–H and O–H groups in total. The van der Waals surface area contributed by atoms with Crippen LogP contribution in [0.1, 0.15) is 43.0 Å². The Hall–Kier alpha value is -2.15. The van der Waals surface area contributed by atoms with E-state index in [1.807, 2.05) is 30.0 Å². The van der Waals surface area contributed by atoms with Gasteiger partial charge in [-0.1, -0.05) is 17.7 Å². The van der Waals surface area contributed by atoms with Gasteiger partial charge in [0, 0.05) is 29.6 Å². The van der Waals surface area contributed by atoms with Crippen LogP contribution in [0.5, 0.6) is 5.75 Å². The molecule has 0 amide bonds. The highest BCUT2D eigenvalue weighted by atomic mass is 32.2. The van der Waals surface area contributed by atoms with Gasteiger partial charge in [-0.2, -0.15) is 0 Å². The van der Waals surface area contributed by atoms with Crippen LogP contribution in [0.25, 0.3) is 10.9 Å². The Kier molecular flexibility index (Phi) is 9.41. The van der Waals surface area contributed by atoms with E-state index < -0.39 is 6.17 Å². The van der Waals surface area contributed by atoms with Crippen molar-refractivity contribution in [3.8, 4) is 5.75 Å². The lowest BCUT2D eigenvalue weighted by Crippen LogP contribution is -2.42. The molecule has 2 aromatic carbocycles. The number of aliphatic hydroxyl groups excluding tert-OH is 1. The third kappa shape index (κ3) is 6.96. The number of aliphatic hydroxyl groups is 1. The zero-order valence-corrected chi connectivity index (χ0v) is 21.6. The predicted molar refractivity (Wildman–Crippen MR) is 143 cm³/mol. The van der Waals surface area contributed by atoms with Gasteiger partial charge in [0.25, 0.3) is 0 Å². The number of aryl methyl sites for hydroxylation is 1. The summed E-state index contributed by atoms with van der Waals surface area (Å²) >= 11 is 1.91. The minimum absolute atomic E-state index is 0.172. The van der Waals surface area contributed by atoms with E-state index in [0.717, 1.165) is 55.6 Å². The van der Waals surface area contributed by atoms with Gasteiger partial charge < -0.3 is 14.7 Å². The minimum atomic E-state index is -1.05. The first kappa shape index (κ1) is 25.9. The van der Waals surface area contributed by atoms with Crippen LogP contribution in [0.2, 0.25) is 0 Å². The fraction of sp³-hybridized carbons (Fsp3) is 0.483. The molecular weight excluding hydrogens is 459 g/mol. The first-order chi connectivity index (χ1) is 17.1. The van der Waals surface area contributed by atoms with Crippen LogP contribution in [0, 0.1) is 18.8 Å². The molecule has 35 heavy (non-hydrogen) atoms. The molecule has 0 spiro atoms. The molecule has 0 unspecified atom stereocenters. The number of piperidine rings is 1. The Morgan fingerprint density at radius 2 is 2.00 bits per heavy atom. The van der Waals surface area contributed by atoms with Crippen LogP contribution in [0.3, 0.4) is 0 Å². The highest BCUT2D eigenvalue weighted by Gasteiger charge is 2.29. The van der Waals surface area contributed by atoms with E-state index in [-0.39, 0.29) is 12.5 Å². The Bertz CT molecular complexity index is 1080. The molecule has 1 aliphatic rings. The summed E-state index contributed by atoms with van der Waals surface area (Å²) in [4.78, 5) is 8.17. The molecule has 1 fully saturated rings. The van der Waals surface area contributed by atoms with E-state index in [0.29, 0.717) is 23.7 Å². The lowest BCUT2D eigenvalue weighted by atomic mass is 9.81. The number of thioether (sulfide) groups is 1. The van der Waals surface area contributed by atoms with Gasteiger partial charge in [0.15, 0.2) is 0 Å². The molecule has 0 bridgehead atoms. The van der Waals surface area contributed by atoms with Gasteiger partial charge in [-0.3, -0.25) is 4.98 Å². The normalized spacial score (nSPS) is 19.7. The number of aromatic nitrogens is 1. The summed E-state index contributed by atoms with van der Waals surface area (Å²) < 4.78 is 20.7. The number of likely N-dealkylation sites (tertiary alicyclic amines) is 1. The maximum absolute atomic E-state index is 15.4. The average molecular weight is 497 g/mol. The van der Waals surface area contributed by atoms with Gasteiger partial charge in [0.05, 0.1) is 12.6 Å². The van der Waals surface area contributed by atoms with Crippen LogP contribution < -0.4 is 4.74 Å². The zero-order valence-electron chi connectivity index (χ0n) is 20.8. The number of rotatable bonds is 11. The second kappa shape index (κ2) is 12.7. The molecule has 0 aliphatic carbocycles. The Balaban J connectivity index is 1.25. The number of halogens is 1. The van der Waals surface area contributed by atoms with Crippen molar-refractivity contribution in [1.29, 1.82) is 0 Å². The fourth-order valence-electron chi connectivity index (χ4n) is 5.12. The number of hydrogen-bond donors (Lipinski definition) is 1. The van der Waals surface area contributed by atoms with Crippen LogP contribution in [-0.2, 0) is 0 Å². The monoisotopic (exact) mass is 496 g/mol. The molecule has 4 nitrogen and oxygen atoms in total. The van der Waals surface area contributed by atoms with Crippen LogP contribution in [0.4, 0.5) is 4.39 Å². The molecule has 1 saturated heterocycles. The first-order valence-electron chi connectivity index (χ1n) is 12.7. The highest BCUT2D eigenvalue weighted by Crippen LogP contribution is 2.35. The smallest absolute Gasteiger partial charge is 0.126 e. The summed E-state index contributed by atoms with van der Waals surface area (Å²) in [6, 6.07) is 16.1. The standard InChI is InChI=1S/C29H37FN2O2S/c1-21-4-8-25(9-5-21)35-17-3-15-32-16-13-22(23(19-32)20-33)6-10-28(30)26-12-14-31-29-11-7-24(34-2)18-27(26)29/h4-5,7-9,11-12,14,18,22-23,28,33H,3,6,10,13,15-17,19-20H2,1-2H3/t22-,23-,28-/m1/s1. The van der Waals surface area contributed by atoms with Gasteiger partial charge >= 0.3 is 0 Å². The number of alkyl halides is 1. The third-order valence-electron chi connectivity index (χ3n) is 7.23. The topological polar surface area (TPSA) is 45.6 Å². The molecule has 1 aliphatic heterocycles. The number of pyridine rings is 1. The summed E-state index contributed by atoms with van der Waals surface area (Å²) in [7, 11) is 1.62. The van der Waals surface area contributed by atoms with E-state index in [4.69, 9.17) is 4.74 Å². The Morgan fingerprint density at radius 3 is 2.77 bits per heavy atom. The largest absolute Gasteiger partial charge is 0.497 e. The molecule has 3 atom stereocenters. The van der Waals surface area contributed by atoms with Crippen LogP contribution >= 0.6 is 11.8 Å². The van der Waals surface area contributed by atoms with E-state index >= 15 is 4.39 Å². The molecule has 0 saturated carbocycles. The highest BCUT2D eigenvalue weighted by molar-refractivity contribution is 7.99. The van der Waals surface area contributed by atoms with Gasteiger partial charge in [-0.05, 0) is 105 Å². The molecule has 6 heteroatoms. The van der Waals surface area contributed by atoms with E-state index in [1.54, 1.807) is 19.4 Å². The number of methoxy groups -OCH3 is 1. The number of fused-ring (bicyclic) bond motifs is 1. The minimum Gasteiger partial charge on any atom is -0.497 e. The van der Waals surface area contributed by atoms with Crippen molar-refractivity contribution in [3.63, 3.8) is 0 Å². The van der Waals surface area contributed by atoms with Crippen molar-refractivity contribution < 1.29 is 14.2 Å². The van der Waals surface area contributed by atoms with Gasteiger partial charge in [0.1, 0.15) is 11.9 Å². The lowest BCUT2D eigenvalue weighted by Gasteiger charge is -2.38. The molecule has 4 rings (SSSR count). The molecule has 188 valence electrons. The second-order valence-corrected chi connectivity index (χ2v) is 10.8. The van der Waals surface area contributed by atoms with E-state index in [9.17, 15) is 5.11 Å². The summed E-state index contributed by atoms with van der Waals surface area (Å²) in [6.07, 6.45) is 4.04.